The van der Waals surface area contributed by atoms with Crippen molar-refractivity contribution in [2.45, 2.75) is 24.1 Å². The van der Waals surface area contributed by atoms with Gasteiger partial charge in [0.05, 0.1) is 5.57 Å². The van der Waals surface area contributed by atoms with Gasteiger partial charge in [-0.2, -0.15) is 13.2 Å². The molecule has 1 aromatic rings. The van der Waals surface area contributed by atoms with Crippen LogP contribution in [0.3, 0.4) is 0 Å². The third kappa shape index (κ3) is 7.49. The molecule has 198 valence electrons. The van der Waals surface area contributed by atoms with Crippen molar-refractivity contribution in [2.75, 3.05) is 20.0 Å². The van der Waals surface area contributed by atoms with Crippen molar-refractivity contribution in [1.82, 2.24) is 0 Å². The van der Waals surface area contributed by atoms with Crippen molar-refractivity contribution in [3.63, 3.8) is 0 Å². The number of rotatable bonds is 8. The number of carbonyl (C=O) groups excluding carboxylic acids is 2. The van der Waals surface area contributed by atoms with Crippen LogP contribution in [0.2, 0.25) is 0 Å². The average Bonchev–Trinajstić information content (AvgIpc) is 2.67. The first-order chi connectivity index (χ1) is 15.7. The van der Waals surface area contributed by atoms with Gasteiger partial charge in [0.25, 0.3) is 5.09 Å². The highest BCUT2D eigenvalue weighted by molar-refractivity contribution is 8.45. The third-order valence-electron chi connectivity index (χ3n) is 3.95. The Labute approximate surface area is 189 Å². The summed E-state index contributed by atoms with van der Waals surface area (Å²) in [7, 11) is -10.2. The lowest BCUT2D eigenvalue weighted by molar-refractivity contribution is -0.757. The number of alkyl halides is 3. The minimum Gasteiger partial charge on any atom is -0.475 e. The van der Waals surface area contributed by atoms with Gasteiger partial charge in [-0.15, -0.1) is 10.1 Å². The Hall–Kier alpha value is -3.51. The maximum atomic E-state index is 13.4. The van der Waals surface area contributed by atoms with E-state index in [1.807, 2.05) is 0 Å². The topological polar surface area (TPSA) is 123 Å². The summed E-state index contributed by atoms with van der Waals surface area (Å²) in [5, 5.41) is 8.70. The van der Waals surface area contributed by atoms with Crippen molar-refractivity contribution < 1.29 is 71.1 Å². The van der Waals surface area contributed by atoms with E-state index in [0.717, 1.165) is 6.92 Å². The summed E-state index contributed by atoms with van der Waals surface area (Å²) >= 11 is 0. The summed E-state index contributed by atoms with van der Waals surface area (Å²) in [5.41, 5.74) is -3.05. The van der Waals surface area contributed by atoms with Crippen LogP contribution in [-0.2, 0) is 23.8 Å². The molecule has 10 nitrogen and oxygen atoms in total. The van der Waals surface area contributed by atoms with Crippen molar-refractivity contribution in [3.8, 4) is 5.75 Å². The second kappa shape index (κ2) is 8.61. The fraction of sp³-hybridized carbons (Fsp3) is 0.375. The molecule has 0 amide bonds. The highest BCUT2D eigenvalue weighted by Crippen LogP contribution is 3.02. The molecule has 0 spiro atoms. The Bertz CT molecular complexity index is 1070. The summed E-state index contributed by atoms with van der Waals surface area (Å²) in [5.74, 6) is -2.70. The molecule has 0 unspecified atom stereocenters. The molecule has 1 atom stereocenters. The number of carbonyl (C=O) groups is 2. The zero-order valence-electron chi connectivity index (χ0n) is 17.0. The van der Waals surface area contributed by atoms with Gasteiger partial charge >= 0.3 is 28.5 Å². The second-order valence-corrected chi connectivity index (χ2v) is 9.03. The summed E-state index contributed by atoms with van der Waals surface area (Å²) < 4.78 is 123. The third-order valence-corrected chi connectivity index (χ3v) is 5.08. The van der Waals surface area contributed by atoms with Crippen LogP contribution < -0.4 is 4.74 Å². The zero-order valence-corrected chi connectivity index (χ0v) is 17.8. The molecule has 1 aliphatic heterocycles. The van der Waals surface area contributed by atoms with Crippen LogP contribution in [0.25, 0.3) is 6.08 Å². The molecular weight excluding hydrogens is 534 g/mol. The maximum absolute atomic E-state index is 13.4. The molecule has 0 aliphatic carbocycles. The van der Waals surface area contributed by atoms with Crippen molar-refractivity contribution >= 4 is 28.4 Å². The van der Waals surface area contributed by atoms with Crippen LogP contribution in [-0.4, -0.2) is 49.5 Å². The fourth-order valence-electron chi connectivity index (χ4n) is 2.58. The maximum Gasteiger partial charge on any atom is 0.511 e. The quantitative estimate of drug-likeness (QED) is 0.108. The molecule has 2 rings (SSSR count). The molecule has 0 radical (unpaired) electrons. The molecule has 1 heterocycles. The van der Waals surface area contributed by atoms with Gasteiger partial charge in [-0.1, -0.05) is 19.4 Å². The van der Waals surface area contributed by atoms with Gasteiger partial charge in [-0.05, 0) is 30.7 Å². The summed E-state index contributed by atoms with van der Waals surface area (Å²) in [4.78, 5) is 34.6. The number of hydrogen-bond donors (Lipinski definition) is 0. The fourth-order valence-corrected chi connectivity index (χ4v) is 3.33. The lowest BCUT2D eigenvalue weighted by Gasteiger charge is -2.41. The molecule has 0 aromatic heterocycles. The van der Waals surface area contributed by atoms with Crippen LogP contribution in [0.1, 0.15) is 11.1 Å². The molecule has 0 N–H and O–H groups in total. The number of fused-ring (bicyclic) bond motifs is 1. The minimum atomic E-state index is -10.2. The minimum absolute atomic E-state index is 0.0822. The van der Waals surface area contributed by atoms with Crippen molar-refractivity contribution in [2.24, 2.45) is 0 Å². The summed E-state index contributed by atoms with van der Waals surface area (Å²) in [6.07, 6.45) is -9.71. The summed E-state index contributed by atoms with van der Waals surface area (Å²) in [6.45, 7) is -1.94. The van der Waals surface area contributed by atoms with Gasteiger partial charge in [0.2, 0.25) is 12.9 Å². The summed E-state index contributed by atoms with van der Waals surface area (Å²) in [6, 6.07) is -0.258. The first kappa shape index (κ1) is 27.7. The lowest BCUT2D eigenvalue weighted by atomic mass is 9.99. The molecule has 1 aromatic carbocycles. The number of ether oxygens (including phenoxy) is 4. The highest BCUT2D eigenvalue weighted by atomic mass is 32.5. The largest absolute Gasteiger partial charge is 0.511 e. The van der Waals surface area contributed by atoms with Gasteiger partial charge in [0.1, 0.15) is 23.9 Å². The van der Waals surface area contributed by atoms with E-state index in [-0.39, 0.29) is 18.2 Å². The van der Waals surface area contributed by atoms with Crippen LogP contribution >= 0.6 is 10.2 Å². The van der Waals surface area contributed by atoms with Crippen LogP contribution in [0.15, 0.2) is 22.6 Å². The lowest BCUT2D eigenvalue weighted by Crippen LogP contribution is -2.41. The first-order valence-electron chi connectivity index (χ1n) is 8.76. The molecule has 0 saturated carbocycles. The molecule has 1 aliphatic rings. The Balaban J connectivity index is 2.23. The van der Waals surface area contributed by atoms with Crippen LogP contribution in [0.4, 0.5) is 37.4 Å². The van der Waals surface area contributed by atoms with E-state index in [0.29, 0.717) is 0 Å². The van der Waals surface area contributed by atoms with Gasteiger partial charge in [-0.25, -0.2) is 9.59 Å². The van der Waals surface area contributed by atoms with E-state index < -0.39 is 87.1 Å². The Kier molecular flexibility index (Phi) is 6.82. The first-order valence-corrected chi connectivity index (χ1v) is 10.7. The van der Waals surface area contributed by atoms with E-state index in [4.69, 9.17) is 0 Å². The molecule has 0 fully saturated rings. The molecule has 35 heavy (non-hydrogen) atoms. The zero-order chi connectivity index (χ0) is 26.9. The smallest absolute Gasteiger partial charge is 0.475 e. The predicted octanol–water partition coefficient (Wildman–Crippen LogP) is 5.22. The van der Waals surface area contributed by atoms with Gasteiger partial charge in [-0.3, -0.25) is 0 Å². The van der Waals surface area contributed by atoms with Crippen LogP contribution in [0.5, 0.6) is 5.75 Å². The number of aryl methyl sites for hydroxylation is 1. The molecular formula is C16H13F8NO9S. The normalized spacial score (nSPS) is 17.5. The van der Waals surface area contributed by atoms with Crippen molar-refractivity contribution in [1.29, 1.82) is 0 Å². The SMILES string of the molecule is Cc1cc(S(F)(F)(F)(F)F)cc2c1O[C@H](C(F)(F)F)C(C(=O)OCOC(=O)OCCO[N+](=O)[O-])=C2. The Morgan fingerprint density at radius 2 is 1.71 bits per heavy atom. The molecule has 19 heteroatoms. The van der Waals surface area contributed by atoms with E-state index >= 15 is 0 Å². The van der Waals surface area contributed by atoms with Crippen molar-refractivity contribution in [3.05, 3.63) is 38.9 Å². The molecule has 0 saturated heterocycles. The van der Waals surface area contributed by atoms with Gasteiger partial charge in [0, 0.05) is 5.56 Å². The number of halogens is 8. The predicted molar refractivity (Wildman–Crippen MR) is 97.4 cm³/mol. The Morgan fingerprint density at radius 1 is 1.09 bits per heavy atom. The average molecular weight is 547 g/mol. The standard InChI is InChI=1S/C16H13F8NO9S/c1-8-4-10(35(20,21,22,23)24)5-9-6-11(13(16(17,18)19)34-12(8)9)14(26)31-7-32-15(27)30-2-3-33-25(28)29/h4-6,13H,2-3,7H2,1H3/t13-/m0/s1. The number of hydrogen-bond acceptors (Lipinski definition) is 9. The van der Waals surface area contributed by atoms with Crippen LogP contribution in [0, 0.1) is 17.0 Å². The van der Waals surface area contributed by atoms with Gasteiger partial charge in [0.15, 0.2) is 0 Å². The Morgan fingerprint density at radius 3 is 2.26 bits per heavy atom. The number of nitrogens with zero attached hydrogens (tertiary/aromatic N) is 1. The number of benzene rings is 1. The monoisotopic (exact) mass is 547 g/mol. The van der Waals surface area contributed by atoms with E-state index in [1.165, 1.54) is 0 Å². The number of esters is 1. The molecule has 0 bridgehead atoms. The van der Waals surface area contributed by atoms with E-state index in [1.54, 1.807) is 0 Å². The second-order valence-electron chi connectivity index (χ2n) is 6.62. The van der Waals surface area contributed by atoms with E-state index in [2.05, 4.69) is 23.8 Å². The highest BCUT2D eigenvalue weighted by Gasteiger charge is 2.65. The van der Waals surface area contributed by atoms with E-state index in [9.17, 15) is 52.3 Å². The van der Waals surface area contributed by atoms with Gasteiger partial charge < -0.3 is 23.8 Å².